The maximum Gasteiger partial charge on any atom is 0.254 e. The van der Waals surface area contributed by atoms with Crippen LogP contribution in [0.5, 0.6) is 0 Å². The summed E-state index contributed by atoms with van der Waals surface area (Å²) in [4.78, 5) is 11.8. The Balaban J connectivity index is 2.76. The maximum absolute atomic E-state index is 13.4. The van der Waals surface area contributed by atoms with Crippen LogP contribution in [0.3, 0.4) is 0 Å². The number of aliphatic hydroxyl groups excluding tert-OH is 1. The second-order valence-electron chi connectivity index (χ2n) is 3.76. The molecule has 0 fully saturated rings. The number of carbonyl (C=O) groups is 1. The Kier molecular flexibility index (Phi) is 6.07. The minimum atomic E-state index is -0.763. The highest BCUT2D eigenvalue weighted by Crippen LogP contribution is 2.11. The van der Waals surface area contributed by atoms with E-state index in [-0.39, 0.29) is 18.2 Å². The van der Waals surface area contributed by atoms with Crippen molar-refractivity contribution in [2.45, 2.75) is 12.5 Å². The zero-order chi connectivity index (χ0) is 13.5. The van der Waals surface area contributed by atoms with Gasteiger partial charge in [-0.25, -0.2) is 8.78 Å². The van der Waals surface area contributed by atoms with E-state index in [2.05, 4.69) is 5.32 Å². The minimum Gasteiger partial charge on any atom is -0.396 e. The molecule has 0 aromatic heterocycles. The highest BCUT2D eigenvalue weighted by atomic mass is 32.2. The number of rotatable bonds is 6. The van der Waals surface area contributed by atoms with Crippen molar-refractivity contribution in [1.82, 2.24) is 5.32 Å². The first-order valence-electron chi connectivity index (χ1n) is 5.44. The van der Waals surface area contributed by atoms with Crippen molar-refractivity contribution in [2.75, 3.05) is 18.6 Å². The molecule has 0 saturated heterocycles. The zero-order valence-electron chi connectivity index (χ0n) is 9.95. The molecule has 100 valence electrons. The molecule has 0 saturated carbocycles. The van der Waals surface area contributed by atoms with Gasteiger partial charge in [0.25, 0.3) is 5.91 Å². The van der Waals surface area contributed by atoms with E-state index in [1.165, 1.54) is 11.8 Å². The zero-order valence-corrected chi connectivity index (χ0v) is 10.8. The summed E-state index contributed by atoms with van der Waals surface area (Å²) < 4.78 is 26.3. The SMILES string of the molecule is CSCC(CCO)NC(=O)c1cc(F)ccc1F. The first-order valence-corrected chi connectivity index (χ1v) is 6.83. The fraction of sp³-hybridized carbons (Fsp3) is 0.417. The molecule has 1 aromatic rings. The van der Waals surface area contributed by atoms with Crippen LogP contribution >= 0.6 is 11.8 Å². The molecule has 1 rings (SSSR count). The van der Waals surface area contributed by atoms with E-state index in [4.69, 9.17) is 5.11 Å². The third-order valence-electron chi connectivity index (χ3n) is 2.35. The van der Waals surface area contributed by atoms with E-state index in [1.54, 1.807) is 0 Å². The Morgan fingerprint density at radius 3 is 2.83 bits per heavy atom. The summed E-state index contributed by atoms with van der Waals surface area (Å²) in [5, 5.41) is 11.4. The monoisotopic (exact) mass is 275 g/mol. The van der Waals surface area contributed by atoms with Crippen LogP contribution < -0.4 is 5.32 Å². The number of nitrogens with one attached hydrogen (secondary N) is 1. The Morgan fingerprint density at radius 1 is 1.50 bits per heavy atom. The predicted octanol–water partition coefficient (Wildman–Crippen LogP) is 1.81. The molecular formula is C12H15F2NO2S. The van der Waals surface area contributed by atoms with Crippen molar-refractivity contribution in [1.29, 1.82) is 0 Å². The minimum absolute atomic E-state index is 0.0723. The van der Waals surface area contributed by atoms with Gasteiger partial charge in [0.1, 0.15) is 11.6 Å². The quantitative estimate of drug-likeness (QED) is 0.832. The van der Waals surface area contributed by atoms with E-state index in [0.717, 1.165) is 18.2 Å². The smallest absolute Gasteiger partial charge is 0.254 e. The summed E-state index contributed by atoms with van der Waals surface area (Å²) in [7, 11) is 0. The van der Waals surface area contributed by atoms with E-state index in [1.807, 2.05) is 6.26 Å². The van der Waals surface area contributed by atoms with Gasteiger partial charge in [0.15, 0.2) is 0 Å². The van der Waals surface area contributed by atoms with Crippen molar-refractivity contribution >= 4 is 17.7 Å². The van der Waals surface area contributed by atoms with Crippen molar-refractivity contribution in [3.05, 3.63) is 35.4 Å². The molecule has 0 aliphatic heterocycles. The van der Waals surface area contributed by atoms with Crippen LogP contribution in [0.2, 0.25) is 0 Å². The van der Waals surface area contributed by atoms with Crippen molar-refractivity contribution in [3.8, 4) is 0 Å². The molecule has 18 heavy (non-hydrogen) atoms. The van der Waals surface area contributed by atoms with Crippen LogP contribution in [-0.4, -0.2) is 35.7 Å². The van der Waals surface area contributed by atoms with Gasteiger partial charge in [0.05, 0.1) is 5.56 Å². The van der Waals surface area contributed by atoms with Gasteiger partial charge in [-0.2, -0.15) is 11.8 Å². The van der Waals surface area contributed by atoms with Crippen molar-refractivity contribution in [3.63, 3.8) is 0 Å². The number of aliphatic hydroxyl groups is 1. The summed E-state index contributed by atoms with van der Waals surface area (Å²) in [5.74, 6) is -1.49. The topological polar surface area (TPSA) is 49.3 Å². The Hall–Kier alpha value is -1.14. The summed E-state index contributed by atoms with van der Waals surface area (Å²) in [6.07, 6.45) is 2.24. The molecular weight excluding hydrogens is 260 g/mol. The summed E-state index contributed by atoms with van der Waals surface area (Å²) >= 11 is 1.50. The van der Waals surface area contributed by atoms with Gasteiger partial charge in [-0.3, -0.25) is 4.79 Å². The molecule has 0 radical (unpaired) electrons. The number of carbonyl (C=O) groups excluding carboxylic acids is 1. The summed E-state index contributed by atoms with van der Waals surface area (Å²) in [6.45, 7) is -0.0723. The Labute approximate surface area is 109 Å². The summed E-state index contributed by atoms with van der Waals surface area (Å²) in [6, 6.07) is 2.47. The van der Waals surface area contributed by atoms with E-state index >= 15 is 0 Å². The molecule has 2 N–H and O–H groups in total. The Bertz CT molecular complexity index is 409. The second-order valence-corrected chi connectivity index (χ2v) is 4.67. The van der Waals surface area contributed by atoms with Gasteiger partial charge < -0.3 is 10.4 Å². The number of thioether (sulfide) groups is 1. The third-order valence-corrected chi connectivity index (χ3v) is 3.09. The average Bonchev–Trinajstić information content (AvgIpc) is 2.33. The summed E-state index contributed by atoms with van der Waals surface area (Å²) in [5.41, 5.74) is -0.320. The fourth-order valence-electron chi connectivity index (χ4n) is 1.49. The van der Waals surface area contributed by atoms with Crippen LogP contribution in [0.4, 0.5) is 8.78 Å². The molecule has 1 atom stereocenters. The number of benzene rings is 1. The standard InChI is InChI=1S/C12H15F2NO2S/c1-18-7-9(4-5-16)15-12(17)10-6-8(13)2-3-11(10)14/h2-3,6,9,16H,4-5,7H2,1H3,(H,15,17). The van der Waals surface area contributed by atoms with Gasteiger partial charge in [-0.15, -0.1) is 0 Å². The lowest BCUT2D eigenvalue weighted by Gasteiger charge is -2.16. The fourth-order valence-corrected chi connectivity index (χ4v) is 2.14. The molecule has 3 nitrogen and oxygen atoms in total. The highest BCUT2D eigenvalue weighted by Gasteiger charge is 2.16. The molecule has 0 aliphatic rings. The van der Waals surface area contributed by atoms with E-state index in [0.29, 0.717) is 12.2 Å². The lowest BCUT2D eigenvalue weighted by molar-refractivity contribution is 0.0930. The lowest BCUT2D eigenvalue weighted by atomic mass is 10.1. The number of halogens is 2. The van der Waals surface area contributed by atoms with Crippen molar-refractivity contribution in [2.24, 2.45) is 0 Å². The first kappa shape index (κ1) is 14.9. The molecule has 0 bridgehead atoms. The van der Waals surface area contributed by atoms with Crippen LogP contribution in [0.15, 0.2) is 18.2 Å². The maximum atomic E-state index is 13.4. The van der Waals surface area contributed by atoms with Gasteiger partial charge in [0.2, 0.25) is 0 Å². The molecule has 6 heteroatoms. The van der Waals surface area contributed by atoms with Crippen LogP contribution in [-0.2, 0) is 0 Å². The molecule has 0 aliphatic carbocycles. The van der Waals surface area contributed by atoms with Gasteiger partial charge in [-0.05, 0) is 30.9 Å². The first-order chi connectivity index (χ1) is 8.58. The normalized spacial score (nSPS) is 12.2. The van der Waals surface area contributed by atoms with Crippen LogP contribution in [0, 0.1) is 11.6 Å². The van der Waals surface area contributed by atoms with E-state index in [9.17, 15) is 13.6 Å². The molecule has 1 unspecified atom stereocenters. The highest BCUT2D eigenvalue weighted by molar-refractivity contribution is 7.98. The number of hydrogen-bond donors (Lipinski definition) is 2. The largest absolute Gasteiger partial charge is 0.396 e. The molecule has 0 spiro atoms. The van der Waals surface area contributed by atoms with Crippen molar-refractivity contribution < 1.29 is 18.7 Å². The van der Waals surface area contributed by atoms with Gasteiger partial charge >= 0.3 is 0 Å². The van der Waals surface area contributed by atoms with E-state index < -0.39 is 17.5 Å². The van der Waals surface area contributed by atoms with Gasteiger partial charge in [0, 0.05) is 18.4 Å². The predicted molar refractivity (Wildman–Crippen MR) is 67.7 cm³/mol. The lowest BCUT2D eigenvalue weighted by Crippen LogP contribution is -2.37. The van der Waals surface area contributed by atoms with Crippen LogP contribution in [0.25, 0.3) is 0 Å². The van der Waals surface area contributed by atoms with Gasteiger partial charge in [-0.1, -0.05) is 0 Å². The second kappa shape index (κ2) is 7.33. The Morgan fingerprint density at radius 2 is 2.22 bits per heavy atom. The molecule has 1 aromatic carbocycles. The number of hydrogen-bond acceptors (Lipinski definition) is 3. The average molecular weight is 275 g/mol. The third kappa shape index (κ3) is 4.27. The number of amides is 1. The molecule has 1 amide bonds. The molecule has 0 heterocycles. The van der Waals surface area contributed by atoms with Crippen LogP contribution in [0.1, 0.15) is 16.8 Å².